The van der Waals surface area contributed by atoms with Gasteiger partial charge in [0.05, 0.1) is 54.2 Å². The summed E-state index contributed by atoms with van der Waals surface area (Å²) in [6, 6.07) is 2.68. The molecule has 1 saturated heterocycles. The molecule has 35 heavy (non-hydrogen) atoms. The van der Waals surface area contributed by atoms with Gasteiger partial charge < -0.3 is 15.2 Å². The molecule has 13 heteroatoms. The quantitative estimate of drug-likeness (QED) is 0.533. The third kappa shape index (κ3) is 4.49. The minimum absolute atomic E-state index is 0.0244. The van der Waals surface area contributed by atoms with Crippen LogP contribution in [-0.4, -0.2) is 75.7 Å². The number of nitrogens with one attached hydrogen (secondary N) is 1. The molecule has 1 fully saturated rings. The van der Waals surface area contributed by atoms with Gasteiger partial charge in [-0.25, -0.2) is 22.8 Å². The SMILES string of the molecule is CC1(C)OCCn2nc3c(F)cc(-c4nc(N[C@@H]5CCN(S(C)(=O)=O)C[C@H]5O)ncc4Cl)cc3c21. The number of fused-ring (bicyclic) bond motifs is 3. The van der Waals surface area contributed by atoms with Crippen LogP contribution in [0.5, 0.6) is 0 Å². The van der Waals surface area contributed by atoms with E-state index in [9.17, 15) is 13.5 Å². The van der Waals surface area contributed by atoms with Crippen molar-refractivity contribution in [1.29, 1.82) is 0 Å². The molecule has 0 unspecified atom stereocenters. The Hall–Kier alpha value is -2.38. The van der Waals surface area contributed by atoms with Crippen molar-refractivity contribution >= 4 is 38.5 Å². The monoisotopic (exact) mass is 524 g/mol. The lowest BCUT2D eigenvalue weighted by atomic mass is 9.97. The van der Waals surface area contributed by atoms with Gasteiger partial charge in [-0.15, -0.1) is 0 Å². The first-order chi connectivity index (χ1) is 16.4. The van der Waals surface area contributed by atoms with Crippen molar-refractivity contribution < 1.29 is 22.7 Å². The van der Waals surface area contributed by atoms with E-state index >= 15 is 4.39 Å². The van der Waals surface area contributed by atoms with E-state index in [0.29, 0.717) is 36.2 Å². The zero-order chi connectivity index (χ0) is 25.1. The first-order valence-electron chi connectivity index (χ1n) is 11.2. The predicted octanol–water partition coefficient (Wildman–Crippen LogP) is 2.36. The van der Waals surface area contributed by atoms with Gasteiger partial charge in [0, 0.05) is 24.0 Å². The number of β-amino-alcohol motifs (C(OH)–C–C–N with tert-alkyl or cyclic N) is 1. The molecule has 0 amide bonds. The molecule has 0 bridgehead atoms. The average Bonchev–Trinajstić information content (AvgIpc) is 3.16. The highest BCUT2D eigenvalue weighted by Gasteiger charge is 2.34. The maximum absolute atomic E-state index is 15.2. The Balaban J connectivity index is 1.48. The molecule has 2 atom stereocenters. The molecule has 0 radical (unpaired) electrons. The van der Waals surface area contributed by atoms with Crippen LogP contribution in [0.25, 0.3) is 22.2 Å². The van der Waals surface area contributed by atoms with E-state index in [1.165, 1.54) is 16.6 Å². The molecular weight excluding hydrogens is 499 g/mol. The highest BCUT2D eigenvalue weighted by Crippen LogP contribution is 2.38. The molecule has 2 aliphatic rings. The number of aliphatic hydroxyl groups excluding tert-OH is 1. The average molecular weight is 525 g/mol. The van der Waals surface area contributed by atoms with Crippen LogP contribution in [0.1, 0.15) is 26.0 Å². The molecule has 5 rings (SSSR count). The van der Waals surface area contributed by atoms with Gasteiger partial charge in [-0.05, 0) is 32.4 Å². The molecule has 4 heterocycles. The van der Waals surface area contributed by atoms with Crippen LogP contribution in [0.4, 0.5) is 10.3 Å². The number of sulfonamides is 1. The fourth-order valence-electron chi connectivity index (χ4n) is 4.76. The Kier molecular flexibility index (Phi) is 5.99. The zero-order valence-electron chi connectivity index (χ0n) is 19.5. The van der Waals surface area contributed by atoms with Gasteiger partial charge in [0.15, 0.2) is 5.82 Å². The second kappa shape index (κ2) is 8.63. The fourth-order valence-corrected chi connectivity index (χ4v) is 5.82. The molecule has 2 N–H and O–H groups in total. The lowest BCUT2D eigenvalue weighted by molar-refractivity contribution is -0.0520. The van der Waals surface area contributed by atoms with Crippen molar-refractivity contribution in [3.8, 4) is 11.3 Å². The van der Waals surface area contributed by atoms with Crippen molar-refractivity contribution in [2.45, 2.75) is 44.6 Å². The first-order valence-corrected chi connectivity index (χ1v) is 13.4. The molecular formula is C22H26ClFN6O4S. The molecule has 2 aliphatic heterocycles. The Morgan fingerprint density at radius 3 is 2.80 bits per heavy atom. The van der Waals surface area contributed by atoms with Crippen LogP contribution in [0.3, 0.4) is 0 Å². The van der Waals surface area contributed by atoms with Crippen molar-refractivity contribution in [3.63, 3.8) is 0 Å². The number of rotatable bonds is 4. The van der Waals surface area contributed by atoms with Gasteiger partial charge in [-0.2, -0.15) is 9.40 Å². The second-order valence-corrected chi connectivity index (χ2v) is 11.8. The number of aromatic nitrogens is 4. The summed E-state index contributed by atoms with van der Waals surface area (Å²) in [5.41, 5.74) is 1.17. The Morgan fingerprint density at radius 1 is 1.31 bits per heavy atom. The van der Waals surface area contributed by atoms with Crippen molar-refractivity contribution in [2.75, 3.05) is 31.3 Å². The number of benzene rings is 1. The lowest BCUT2D eigenvalue weighted by Crippen LogP contribution is -2.51. The number of ether oxygens (including phenoxy) is 1. The van der Waals surface area contributed by atoms with Gasteiger partial charge in [0.1, 0.15) is 11.1 Å². The molecule has 10 nitrogen and oxygen atoms in total. The van der Waals surface area contributed by atoms with Crippen LogP contribution < -0.4 is 5.32 Å². The summed E-state index contributed by atoms with van der Waals surface area (Å²) >= 11 is 6.40. The van der Waals surface area contributed by atoms with E-state index in [4.69, 9.17) is 16.3 Å². The van der Waals surface area contributed by atoms with Crippen LogP contribution in [0.2, 0.25) is 5.02 Å². The highest BCUT2D eigenvalue weighted by molar-refractivity contribution is 7.88. The van der Waals surface area contributed by atoms with Gasteiger partial charge >= 0.3 is 0 Å². The van der Waals surface area contributed by atoms with Crippen molar-refractivity contribution in [1.82, 2.24) is 24.1 Å². The number of nitrogens with zero attached hydrogens (tertiary/aromatic N) is 5. The summed E-state index contributed by atoms with van der Waals surface area (Å²) in [5.74, 6) is -0.301. The topological polar surface area (TPSA) is 122 Å². The van der Waals surface area contributed by atoms with Gasteiger partial charge in [-0.3, -0.25) is 4.68 Å². The van der Waals surface area contributed by atoms with Crippen LogP contribution in [-0.2, 0) is 26.9 Å². The smallest absolute Gasteiger partial charge is 0.223 e. The second-order valence-electron chi connectivity index (χ2n) is 9.40. The summed E-state index contributed by atoms with van der Waals surface area (Å²) < 4.78 is 47.6. The Labute approximate surface area is 207 Å². The van der Waals surface area contributed by atoms with Crippen LogP contribution in [0.15, 0.2) is 18.3 Å². The molecule has 0 aliphatic carbocycles. The molecule has 1 aromatic carbocycles. The Morgan fingerprint density at radius 2 is 2.09 bits per heavy atom. The highest BCUT2D eigenvalue weighted by atomic mass is 35.5. The van der Waals surface area contributed by atoms with Gasteiger partial charge in [0.25, 0.3) is 0 Å². The summed E-state index contributed by atoms with van der Waals surface area (Å²) in [6.07, 6.45) is 1.94. The summed E-state index contributed by atoms with van der Waals surface area (Å²) in [5, 5.41) is 18.8. The van der Waals surface area contributed by atoms with E-state index in [1.54, 1.807) is 10.7 Å². The summed E-state index contributed by atoms with van der Waals surface area (Å²) in [4.78, 5) is 8.70. The van der Waals surface area contributed by atoms with Gasteiger partial charge in [0.2, 0.25) is 16.0 Å². The van der Waals surface area contributed by atoms with Crippen LogP contribution >= 0.6 is 11.6 Å². The summed E-state index contributed by atoms with van der Waals surface area (Å²) in [7, 11) is -3.39. The van der Waals surface area contributed by atoms with Crippen LogP contribution in [0, 0.1) is 5.82 Å². The third-order valence-corrected chi connectivity index (χ3v) is 8.03. The molecule has 0 spiro atoms. The minimum Gasteiger partial charge on any atom is -0.390 e. The first kappa shape index (κ1) is 24.3. The maximum atomic E-state index is 15.2. The number of halogens is 2. The molecule has 2 aromatic heterocycles. The summed E-state index contributed by atoms with van der Waals surface area (Å²) in [6.45, 7) is 5.10. The predicted molar refractivity (Wildman–Crippen MR) is 129 cm³/mol. The van der Waals surface area contributed by atoms with E-state index in [1.807, 2.05) is 13.8 Å². The van der Waals surface area contributed by atoms with E-state index in [2.05, 4.69) is 20.4 Å². The molecule has 3 aromatic rings. The minimum atomic E-state index is -3.39. The Bertz CT molecular complexity index is 1410. The van der Waals surface area contributed by atoms with Gasteiger partial charge in [-0.1, -0.05) is 11.6 Å². The standard InChI is InChI=1S/C22H26ClFN6O4S/c1-22(2)20-13-8-12(9-15(24)19(13)28-30(20)6-7-34-22)18-14(23)10-25-21(27-18)26-16-4-5-29(11-17(16)31)35(3,32)33/h8-10,16-17,31H,4-7,11H2,1-3H3,(H,25,26,27)/t16-,17-/m1/s1. The van der Waals surface area contributed by atoms with E-state index in [-0.39, 0.29) is 29.6 Å². The fraction of sp³-hybridized carbons (Fsp3) is 0.500. The third-order valence-electron chi connectivity index (χ3n) is 6.48. The van der Waals surface area contributed by atoms with E-state index < -0.39 is 33.6 Å². The number of hydrogen-bond acceptors (Lipinski definition) is 8. The van der Waals surface area contributed by atoms with E-state index in [0.717, 1.165) is 11.9 Å². The zero-order valence-corrected chi connectivity index (χ0v) is 21.1. The molecule has 188 valence electrons. The number of anilines is 1. The number of piperidine rings is 1. The van der Waals surface area contributed by atoms with Crippen molar-refractivity contribution in [3.05, 3.63) is 34.9 Å². The normalized spacial score (nSPS) is 22.8. The lowest BCUT2D eigenvalue weighted by Gasteiger charge is -2.34. The largest absolute Gasteiger partial charge is 0.390 e. The molecule has 0 saturated carbocycles. The van der Waals surface area contributed by atoms with Crippen molar-refractivity contribution in [2.24, 2.45) is 0 Å². The number of hydrogen-bond donors (Lipinski definition) is 2. The maximum Gasteiger partial charge on any atom is 0.223 e. The number of aliphatic hydroxyl groups is 1.